The fourth-order valence-electron chi connectivity index (χ4n) is 5.00. The van der Waals surface area contributed by atoms with E-state index in [0.29, 0.717) is 12.5 Å². The third kappa shape index (κ3) is 4.72. The van der Waals surface area contributed by atoms with Gasteiger partial charge in [0.25, 0.3) is 0 Å². The van der Waals surface area contributed by atoms with E-state index in [9.17, 15) is 0 Å². The maximum atomic E-state index is 5.32. The molecule has 6 nitrogen and oxygen atoms in total. The van der Waals surface area contributed by atoms with E-state index >= 15 is 0 Å². The van der Waals surface area contributed by atoms with Gasteiger partial charge in [-0.2, -0.15) is 5.11 Å². The Labute approximate surface area is 212 Å². The molecule has 1 fully saturated rings. The smallest absolute Gasteiger partial charge is 0.159 e. The summed E-state index contributed by atoms with van der Waals surface area (Å²) in [7, 11) is 0. The SMILES string of the molecule is Cc1ccc(-c2nc3cc(C4CC4)n(CCCCCC4=NN=NC4)c3nc2-c2ccc(C)cc2)cc1. The van der Waals surface area contributed by atoms with Crippen LogP contribution < -0.4 is 0 Å². The van der Waals surface area contributed by atoms with Gasteiger partial charge in [0.1, 0.15) is 12.1 Å². The number of aryl methyl sites for hydroxylation is 3. The molecule has 1 aliphatic heterocycles. The van der Waals surface area contributed by atoms with Crippen LogP contribution >= 0.6 is 0 Å². The van der Waals surface area contributed by atoms with Crippen molar-refractivity contribution in [2.24, 2.45) is 15.4 Å². The molecule has 1 aliphatic carbocycles. The van der Waals surface area contributed by atoms with Crippen molar-refractivity contribution in [3.63, 3.8) is 0 Å². The molecule has 2 aromatic heterocycles. The zero-order valence-electron chi connectivity index (χ0n) is 21.1. The first-order valence-electron chi connectivity index (χ1n) is 13.1. The fourth-order valence-corrected chi connectivity index (χ4v) is 5.00. The molecule has 0 amide bonds. The van der Waals surface area contributed by atoms with E-state index in [0.717, 1.165) is 71.6 Å². The molecule has 0 bridgehead atoms. The minimum atomic E-state index is 0.641. The summed E-state index contributed by atoms with van der Waals surface area (Å²) in [6, 6.07) is 19.6. The molecule has 0 unspecified atom stereocenters. The molecular formula is C30H32N6. The van der Waals surface area contributed by atoms with Crippen LogP contribution in [-0.4, -0.2) is 26.8 Å². The summed E-state index contributed by atoms with van der Waals surface area (Å²) in [5.41, 5.74) is 11.2. The largest absolute Gasteiger partial charge is 0.328 e. The van der Waals surface area contributed by atoms with E-state index in [1.54, 1.807) is 0 Å². The number of rotatable bonds is 9. The maximum absolute atomic E-state index is 5.32. The van der Waals surface area contributed by atoms with Crippen LogP contribution in [0.3, 0.4) is 0 Å². The molecule has 4 aromatic rings. The average molecular weight is 477 g/mol. The van der Waals surface area contributed by atoms with Gasteiger partial charge in [-0.25, -0.2) is 9.97 Å². The highest BCUT2D eigenvalue weighted by atomic mass is 15.4. The second-order valence-corrected chi connectivity index (χ2v) is 10.2. The van der Waals surface area contributed by atoms with Crippen LogP contribution in [0.2, 0.25) is 0 Å². The Hall–Kier alpha value is -3.67. The second-order valence-electron chi connectivity index (χ2n) is 10.2. The van der Waals surface area contributed by atoms with E-state index in [2.05, 4.69) is 88.5 Å². The van der Waals surface area contributed by atoms with Crippen molar-refractivity contribution >= 4 is 16.9 Å². The summed E-state index contributed by atoms with van der Waals surface area (Å²) in [4.78, 5) is 10.6. The van der Waals surface area contributed by atoms with Gasteiger partial charge in [-0.1, -0.05) is 66.1 Å². The van der Waals surface area contributed by atoms with Crippen molar-refractivity contribution in [1.82, 2.24) is 14.5 Å². The Bertz CT molecular complexity index is 1440. The minimum Gasteiger partial charge on any atom is -0.328 e. The topological polar surface area (TPSA) is 67.8 Å². The lowest BCUT2D eigenvalue weighted by Gasteiger charge is -2.13. The standard InChI is InChI=1S/C30H32N6/c1-20-7-11-23(12-8-20)28-29(24-13-9-21(2)10-14-24)33-30-26(32-28)18-27(22-15-16-22)36(30)17-5-3-4-6-25-19-31-35-34-25/h7-14,18,22H,3-6,15-17,19H2,1-2H3. The summed E-state index contributed by atoms with van der Waals surface area (Å²) < 4.78 is 2.45. The number of unbranched alkanes of at least 4 members (excludes halogenated alkanes) is 2. The summed E-state index contributed by atoms with van der Waals surface area (Å²) in [5.74, 6) is 0.641. The number of benzene rings is 2. The van der Waals surface area contributed by atoms with Crippen molar-refractivity contribution in [3.8, 4) is 22.5 Å². The summed E-state index contributed by atoms with van der Waals surface area (Å²) in [6.07, 6.45) is 6.91. The van der Waals surface area contributed by atoms with E-state index in [-0.39, 0.29) is 0 Å². The van der Waals surface area contributed by atoms with Gasteiger partial charge in [-0.15, -0.1) is 5.10 Å². The monoisotopic (exact) mass is 476 g/mol. The molecule has 0 saturated heterocycles. The first kappa shape index (κ1) is 22.8. The highest BCUT2D eigenvalue weighted by Crippen LogP contribution is 2.43. The van der Waals surface area contributed by atoms with Gasteiger partial charge < -0.3 is 4.57 Å². The first-order chi connectivity index (χ1) is 17.7. The molecule has 0 spiro atoms. The van der Waals surface area contributed by atoms with E-state index in [1.807, 2.05) is 0 Å². The highest BCUT2D eigenvalue weighted by Gasteiger charge is 2.29. The number of fused-ring (bicyclic) bond motifs is 1. The molecule has 0 radical (unpaired) electrons. The van der Waals surface area contributed by atoms with Gasteiger partial charge in [-0.05, 0) is 63.2 Å². The van der Waals surface area contributed by atoms with Crippen LogP contribution in [-0.2, 0) is 6.54 Å². The van der Waals surface area contributed by atoms with E-state index in [1.165, 1.54) is 29.7 Å². The summed E-state index contributed by atoms with van der Waals surface area (Å²) in [6.45, 7) is 5.89. The zero-order chi connectivity index (χ0) is 24.5. The van der Waals surface area contributed by atoms with Crippen molar-refractivity contribution in [2.45, 2.75) is 64.8 Å². The Morgan fingerprint density at radius 1 is 0.806 bits per heavy atom. The third-order valence-electron chi connectivity index (χ3n) is 7.25. The molecule has 0 N–H and O–H groups in total. The van der Waals surface area contributed by atoms with Crippen LogP contribution in [0.4, 0.5) is 0 Å². The number of hydrogen-bond acceptors (Lipinski definition) is 5. The number of aromatic nitrogens is 3. The molecule has 1 saturated carbocycles. The van der Waals surface area contributed by atoms with Crippen LogP contribution in [0, 0.1) is 13.8 Å². The molecule has 182 valence electrons. The van der Waals surface area contributed by atoms with Crippen molar-refractivity contribution in [2.75, 3.05) is 6.54 Å². The fraction of sp³-hybridized carbons (Fsp3) is 0.367. The molecule has 0 atom stereocenters. The molecule has 2 aliphatic rings. The number of hydrogen-bond donors (Lipinski definition) is 0. The number of nitrogens with zero attached hydrogens (tertiary/aromatic N) is 6. The minimum absolute atomic E-state index is 0.641. The first-order valence-corrected chi connectivity index (χ1v) is 13.1. The molecule has 2 aromatic carbocycles. The Morgan fingerprint density at radius 3 is 2.08 bits per heavy atom. The lowest BCUT2D eigenvalue weighted by molar-refractivity contribution is 0.588. The van der Waals surface area contributed by atoms with Gasteiger partial charge in [0, 0.05) is 23.4 Å². The molecule has 36 heavy (non-hydrogen) atoms. The van der Waals surface area contributed by atoms with Gasteiger partial charge in [0.05, 0.1) is 17.1 Å². The van der Waals surface area contributed by atoms with Gasteiger partial charge in [0.2, 0.25) is 0 Å². The van der Waals surface area contributed by atoms with E-state index in [4.69, 9.17) is 9.97 Å². The van der Waals surface area contributed by atoms with Crippen molar-refractivity contribution in [1.29, 1.82) is 0 Å². The molecular weight excluding hydrogens is 444 g/mol. The van der Waals surface area contributed by atoms with Gasteiger partial charge >= 0.3 is 0 Å². The molecule has 6 rings (SSSR count). The van der Waals surface area contributed by atoms with Crippen LogP contribution in [0.1, 0.15) is 61.3 Å². The Kier molecular flexibility index (Phi) is 6.18. The molecule has 6 heteroatoms. The van der Waals surface area contributed by atoms with Crippen molar-refractivity contribution in [3.05, 3.63) is 71.4 Å². The van der Waals surface area contributed by atoms with Crippen LogP contribution in [0.5, 0.6) is 0 Å². The van der Waals surface area contributed by atoms with E-state index < -0.39 is 0 Å². The van der Waals surface area contributed by atoms with Gasteiger partial charge in [-0.3, -0.25) is 0 Å². The lowest BCUT2D eigenvalue weighted by Crippen LogP contribution is -2.05. The Balaban J connectivity index is 1.36. The quantitative estimate of drug-likeness (QED) is 0.233. The average Bonchev–Trinajstić information content (AvgIpc) is 3.49. The summed E-state index contributed by atoms with van der Waals surface area (Å²) in [5, 5.41) is 11.8. The zero-order valence-corrected chi connectivity index (χ0v) is 21.1. The lowest BCUT2D eigenvalue weighted by atomic mass is 10.0. The third-order valence-corrected chi connectivity index (χ3v) is 7.25. The maximum Gasteiger partial charge on any atom is 0.159 e. The second kappa shape index (κ2) is 9.76. The van der Waals surface area contributed by atoms with Gasteiger partial charge in [0.15, 0.2) is 5.65 Å². The van der Waals surface area contributed by atoms with Crippen LogP contribution in [0.15, 0.2) is 70.0 Å². The summed E-state index contributed by atoms with van der Waals surface area (Å²) >= 11 is 0. The Morgan fingerprint density at radius 2 is 1.47 bits per heavy atom. The predicted octanol–water partition coefficient (Wildman–Crippen LogP) is 7.64. The molecule has 3 heterocycles. The van der Waals surface area contributed by atoms with Crippen LogP contribution in [0.25, 0.3) is 33.7 Å². The normalized spacial score (nSPS) is 15.1. The van der Waals surface area contributed by atoms with Crippen molar-refractivity contribution < 1.29 is 0 Å². The predicted molar refractivity (Wildman–Crippen MR) is 145 cm³/mol. The highest BCUT2D eigenvalue weighted by molar-refractivity contribution is 5.87.